The normalized spacial score (nSPS) is 11.6. The number of sulfonamides is 1. The van der Waals surface area contributed by atoms with Crippen LogP contribution >= 0.6 is 11.8 Å². The SMILES string of the molecule is O=S(=O)(Nc1cc(Sc2cccc3cccnc23)c(O)c2ccccc12)c1ccc(O)cc1. The number of hydrogen-bond acceptors (Lipinski definition) is 6. The molecule has 0 aliphatic carbocycles. The fourth-order valence-electron chi connectivity index (χ4n) is 3.60. The van der Waals surface area contributed by atoms with Crippen molar-refractivity contribution in [2.24, 2.45) is 0 Å². The van der Waals surface area contributed by atoms with Crippen LogP contribution in [0.15, 0.2) is 106 Å². The highest BCUT2D eigenvalue weighted by molar-refractivity contribution is 7.99. The van der Waals surface area contributed by atoms with Crippen molar-refractivity contribution in [2.45, 2.75) is 14.7 Å². The van der Waals surface area contributed by atoms with E-state index in [2.05, 4.69) is 9.71 Å². The van der Waals surface area contributed by atoms with Crippen LogP contribution in [0.4, 0.5) is 5.69 Å². The Morgan fingerprint density at radius 1 is 0.788 bits per heavy atom. The van der Waals surface area contributed by atoms with Crippen molar-refractivity contribution in [1.29, 1.82) is 0 Å². The van der Waals surface area contributed by atoms with E-state index >= 15 is 0 Å². The maximum Gasteiger partial charge on any atom is 0.261 e. The van der Waals surface area contributed by atoms with E-state index in [9.17, 15) is 18.6 Å². The Hall–Kier alpha value is -3.75. The lowest BCUT2D eigenvalue weighted by atomic mass is 10.1. The average molecular weight is 475 g/mol. The lowest BCUT2D eigenvalue weighted by molar-refractivity contribution is 0.469. The number of nitrogens with one attached hydrogen (secondary N) is 1. The number of para-hydroxylation sites is 1. The number of benzene rings is 4. The van der Waals surface area contributed by atoms with E-state index in [1.54, 1.807) is 36.5 Å². The molecule has 4 aromatic carbocycles. The fraction of sp³-hybridized carbons (Fsp3) is 0. The maximum atomic E-state index is 13.0. The molecule has 8 heteroatoms. The molecule has 0 fully saturated rings. The number of phenols is 2. The molecule has 0 unspecified atom stereocenters. The van der Waals surface area contributed by atoms with E-state index in [0.717, 1.165) is 15.8 Å². The summed E-state index contributed by atoms with van der Waals surface area (Å²) in [5, 5.41) is 22.6. The van der Waals surface area contributed by atoms with E-state index in [1.165, 1.54) is 36.0 Å². The number of aromatic hydroxyl groups is 2. The van der Waals surface area contributed by atoms with Gasteiger partial charge in [-0.05, 0) is 42.5 Å². The lowest BCUT2D eigenvalue weighted by Crippen LogP contribution is -2.13. The summed E-state index contributed by atoms with van der Waals surface area (Å²) in [4.78, 5) is 5.82. The standard InChI is InChI=1S/C25H18N2O4S2/c28-17-10-12-18(13-11-17)33(30,31)27-21-15-23(25(29)20-8-2-1-7-19(20)21)32-22-9-3-5-16-6-4-14-26-24(16)22/h1-15,27-29H. The summed E-state index contributed by atoms with van der Waals surface area (Å²) in [6.45, 7) is 0. The molecule has 0 spiro atoms. The second kappa shape index (κ2) is 8.31. The molecule has 0 aliphatic heterocycles. The quantitative estimate of drug-likeness (QED) is 0.281. The molecule has 6 nitrogen and oxygen atoms in total. The van der Waals surface area contributed by atoms with Gasteiger partial charge in [-0.2, -0.15) is 0 Å². The zero-order chi connectivity index (χ0) is 23.0. The van der Waals surface area contributed by atoms with Crippen LogP contribution in [0.1, 0.15) is 0 Å². The number of pyridine rings is 1. The van der Waals surface area contributed by atoms with Crippen molar-refractivity contribution in [2.75, 3.05) is 4.72 Å². The molecule has 164 valence electrons. The van der Waals surface area contributed by atoms with Crippen molar-refractivity contribution < 1.29 is 18.6 Å². The fourth-order valence-corrected chi connectivity index (χ4v) is 5.71. The molecule has 1 heterocycles. The Morgan fingerprint density at radius 3 is 2.30 bits per heavy atom. The van der Waals surface area contributed by atoms with Crippen LogP contribution < -0.4 is 4.72 Å². The first-order chi connectivity index (χ1) is 15.9. The topological polar surface area (TPSA) is 99.5 Å². The smallest absolute Gasteiger partial charge is 0.261 e. The van der Waals surface area contributed by atoms with E-state index in [0.29, 0.717) is 21.4 Å². The summed E-state index contributed by atoms with van der Waals surface area (Å²) in [7, 11) is -3.92. The van der Waals surface area contributed by atoms with E-state index < -0.39 is 10.0 Å². The highest BCUT2D eigenvalue weighted by Gasteiger charge is 2.19. The van der Waals surface area contributed by atoms with Crippen molar-refractivity contribution in [3.63, 3.8) is 0 Å². The molecule has 1 aromatic heterocycles. The third-order valence-corrected chi connectivity index (χ3v) is 7.65. The number of nitrogens with zero attached hydrogens (tertiary/aromatic N) is 1. The lowest BCUT2D eigenvalue weighted by Gasteiger charge is -2.15. The van der Waals surface area contributed by atoms with E-state index in [4.69, 9.17) is 0 Å². The van der Waals surface area contributed by atoms with Gasteiger partial charge in [0.15, 0.2) is 0 Å². The molecular formula is C25H18N2O4S2. The number of hydrogen-bond donors (Lipinski definition) is 3. The third kappa shape index (κ3) is 4.06. The Labute approximate surface area is 194 Å². The van der Waals surface area contributed by atoms with Crippen LogP contribution in [-0.4, -0.2) is 23.6 Å². The molecule has 5 rings (SSSR count). The second-order valence-electron chi connectivity index (χ2n) is 7.35. The molecular weight excluding hydrogens is 456 g/mol. The van der Waals surface area contributed by atoms with Crippen molar-refractivity contribution in [1.82, 2.24) is 4.98 Å². The number of aromatic nitrogens is 1. The molecule has 33 heavy (non-hydrogen) atoms. The van der Waals surface area contributed by atoms with Crippen LogP contribution in [0.5, 0.6) is 11.5 Å². The Morgan fingerprint density at radius 2 is 1.52 bits per heavy atom. The molecule has 0 amide bonds. The first kappa shape index (κ1) is 21.1. The van der Waals surface area contributed by atoms with Gasteiger partial charge in [0, 0.05) is 27.3 Å². The summed E-state index contributed by atoms with van der Waals surface area (Å²) in [6.07, 6.45) is 1.71. The minimum atomic E-state index is -3.92. The first-order valence-corrected chi connectivity index (χ1v) is 12.3. The number of phenolic OH excluding ortho intramolecular Hbond substituents is 2. The zero-order valence-electron chi connectivity index (χ0n) is 17.1. The van der Waals surface area contributed by atoms with Gasteiger partial charge in [0.1, 0.15) is 11.5 Å². The molecule has 3 N–H and O–H groups in total. The first-order valence-electron chi connectivity index (χ1n) is 10.0. The average Bonchev–Trinajstić information content (AvgIpc) is 2.82. The largest absolute Gasteiger partial charge is 0.508 e. The van der Waals surface area contributed by atoms with Gasteiger partial charge in [0.05, 0.1) is 21.0 Å². The zero-order valence-corrected chi connectivity index (χ0v) is 18.8. The molecule has 0 aliphatic rings. The van der Waals surface area contributed by atoms with Gasteiger partial charge in [-0.25, -0.2) is 8.42 Å². The molecule has 0 saturated carbocycles. The van der Waals surface area contributed by atoms with E-state index in [1.807, 2.05) is 30.3 Å². The summed E-state index contributed by atoms with van der Waals surface area (Å²) in [6, 6.07) is 23.6. The summed E-state index contributed by atoms with van der Waals surface area (Å²) < 4.78 is 28.7. The second-order valence-corrected chi connectivity index (χ2v) is 10.1. The van der Waals surface area contributed by atoms with Gasteiger partial charge in [-0.15, -0.1) is 0 Å². The highest BCUT2D eigenvalue weighted by atomic mass is 32.2. The van der Waals surface area contributed by atoms with Gasteiger partial charge < -0.3 is 10.2 Å². The van der Waals surface area contributed by atoms with Crippen LogP contribution in [0, 0.1) is 0 Å². The molecule has 0 atom stereocenters. The van der Waals surface area contributed by atoms with Gasteiger partial charge in [-0.3, -0.25) is 9.71 Å². The van der Waals surface area contributed by atoms with Crippen molar-refractivity contribution in [3.8, 4) is 11.5 Å². The molecule has 0 radical (unpaired) electrons. The summed E-state index contributed by atoms with van der Waals surface area (Å²) >= 11 is 1.32. The van der Waals surface area contributed by atoms with E-state index in [-0.39, 0.29) is 16.4 Å². The Bertz CT molecular complexity index is 1600. The number of rotatable bonds is 5. The maximum absolute atomic E-state index is 13.0. The minimum Gasteiger partial charge on any atom is -0.508 e. The Kier molecular flexibility index (Phi) is 5.32. The Balaban J connectivity index is 1.62. The van der Waals surface area contributed by atoms with Gasteiger partial charge >= 0.3 is 0 Å². The third-order valence-electron chi connectivity index (χ3n) is 5.19. The van der Waals surface area contributed by atoms with Crippen LogP contribution in [0.2, 0.25) is 0 Å². The number of fused-ring (bicyclic) bond motifs is 2. The van der Waals surface area contributed by atoms with Crippen molar-refractivity contribution in [3.05, 3.63) is 91.1 Å². The van der Waals surface area contributed by atoms with Crippen LogP contribution in [0.3, 0.4) is 0 Å². The van der Waals surface area contributed by atoms with Gasteiger partial charge in [0.25, 0.3) is 10.0 Å². The minimum absolute atomic E-state index is 0.0184. The van der Waals surface area contributed by atoms with Crippen LogP contribution in [-0.2, 0) is 10.0 Å². The number of anilines is 1. The summed E-state index contributed by atoms with van der Waals surface area (Å²) in [5.74, 6) is 0.0440. The molecule has 5 aromatic rings. The molecule has 0 saturated heterocycles. The van der Waals surface area contributed by atoms with Crippen molar-refractivity contribution >= 4 is 49.1 Å². The van der Waals surface area contributed by atoms with Gasteiger partial charge in [-0.1, -0.05) is 54.2 Å². The highest BCUT2D eigenvalue weighted by Crippen LogP contribution is 2.44. The monoisotopic (exact) mass is 474 g/mol. The van der Waals surface area contributed by atoms with Crippen LogP contribution in [0.25, 0.3) is 21.7 Å². The predicted octanol–water partition coefficient (Wildman–Crippen LogP) is 5.75. The predicted molar refractivity (Wildman–Crippen MR) is 130 cm³/mol. The summed E-state index contributed by atoms with van der Waals surface area (Å²) in [5.41, 5.74) is 1.14. The molecule has 0 bridgehead atoms. The van der Waals surface area contributed by atoms with Gasteiger partial charge in [0.2, 0.25) is 0 Å².